The van der Waals surface area contributed by atoms with E-state index in [0.717, 1.165) is 21.0 Å². The Hall–Kier alpha value is -2.29. The SMILES string of the molecule is COC(=O)[C@H](COC(C)(C)C(F)(F)F)NC(=O)OCc1ccccc1. The molecule has 1 atom stereocenters. The molecule has 0 spiro atoms. The smallest absolute Gasteiger partial charge is 0.416 e. The highest BCUT2D eigenvalue weighted by Gasteiger charge is 2.49. The Morgan fingerprint density at radius 1 is 1.16 bits per heavy atom. The zero-order chi connectivity index (χ0) is 19.1. The van der Waals surface area contributed by atoms with Crippen molar-refractivity contribution in [2.75, 3.05) is 13.7 Å². The summed E-state index contributed by atoms with van der Waals surface area (Å²) in [5, 5.41) is 2.13. The van der Waals surface area contributed by atoms with Gasteiger partial charge in [-0.15, -0.1) is 0 Å². The number of benzene rings is 1. The number of amides is 1. The Balaban J connectivity index is 2.61. The summed E-state index contributed by atoms with van der Waals surface area (Å²) < 4.78 is 52.5. The topological polar surface area (TPSA) is 73.9 Å². The highest BCUT2D eigenvalue weighted by molar-refractivity contribution is 5.81. The molecule has 1 rings (SSSR count). The largest absolute Gasteiger partial charge is 0.467 e. The molecule has 0 aliphatic rings. The monoisotopic (exact) mass is 363 g/mol. The van der Waals surface area contributed by atoms with Gasteiger partial charge >= 0.3 is 18.2 Å². The van der Waals surface area contributed by atoms with Gasteiger partial charge in [-0.1, -0.05) is 30.3 Å². The van der Waals surface area contributed by atoms with E-state index < -0.39 is 36.5 Å². The van der Waals surface area contributed by atoms with E-state index in [1.807, 2.05) is 0 Å². The van der Waals surface area contributed by atoms with Crippen molar-refractivity contribution < 1.29 is 37.0 Å². The quantitative estimate of drug-likeness (QED) is 0.754. The van der Waals surface area contributed by atoms with Crippen molar-refractivity contribution >= 4 is 12.1 Å². The van der Waals surface area contributed by atoms with Crippen LogP contribution in [0.25, 0.3) is 0 Å². The van der Waals surface area contributed by atoms with Crippen LogP contribution in [-0.2, 0) is 25.6 Å². The minimum atomic E-state index is -4.64. The van der Waals surface area contributed by atoms with Crippen LogP contribution >= 0.6 is 0 Å². The first-order valence-electron chi connectivity index (χ1n) is 7.32. The van der Waals surface area contributed by atoms with E-state index in [4.69, 9.17) is 9.47 Å². The molecule has 1 aromatic rings. The Morgan fingerprint density at radius 3 is 2.28 bits per heavy atom. The average Bonchev–Trinajstić information content (AvgIpc) is 2.56. The summed E-state index contributed by atoms with van der Waals surface area (Å²) in [4.78, 5) is 23.4. The first kappa shape index (κ1) is 20.8. The zero-order valence-corrected chi connectivity index (χ0v) is 14.1. The molecule has 1 amide bonds. The molecule has 9 heteroatoms. The van der Waals surface area contributed by atoms with Crippen molar-refractivity contribution in [1.29, 1.82) is 0 Å². The first-order chi connectivity index (χ1) is 11.6. The predicted octanol–water partition coefficient (Wildman–Crippen LogP) is 2.81. The molecule has 0 radical (unpaired) electrons. The lowest BCUT2D eigenvalue weighted by atomic mass is 10.1. The molecular formula is C16H20F3NO5. The van der Waals surface area contributed by atoms with Gasteiger partial charge in [0, 0.05) is 0 Å². The maximum Gasteiger partial charge on any atom is 0.416 e. The van der Waals surface area contributed by atoms with E-state index in [1.165, 1.54) is 0 Å². The number of halogens is 3. The van der Waals surface area contributed by atoms with E-state index in [2.05, 4.69) is 10.1 Å². The Labute approximate surface area is 143 Å². The van der Waals surface area contributed by atoms with Crippen molar-refractivity contribution in [2.45, 2.75) is 38.3 Å². The van der Waals surface area contributed by atoms with Crippen LogP contribution in [0.4, 0.5) is 18.0 Å². The lowest BCUT2D eigenvalue weighted by Gasteiger charge is -2.29. The Kier molecular flexibility index (Phi) is 7.22. The van der Waals surface area contributed by atoms with Crippen LogP contribution in [0.15, 0.2) is 30.3 Å². The molecule has 0 heterocycles. The summed E-state index contributed by atoms with van der Waals surface area (Å²) in [5.41, 5.74) is -1.78. The fourth-order valence-electron chi connectivity index (χ4n) is 1.59. The predicted molar refractivity (Wildman–Crippen MR) is 81.7 cm³/mol. The van der Waals surface area contributed by atoms with Gasteiger partial charge in [0.15, 0.2) is 11.6 Å². The van der Waals surface area contributed by atoms with Gasteiger partial charge in [0.2, 0.25) is 0 Å². The third-order valence-electron chi connectivity index (χ3n) is 3.28. The van der Waals surface area contributed by atoms with Gasteiger partial charge in [0.05, 0.1) is 13.7 Å². The number of hydrogen-bond acceptors (Lipinski definition) is 5. The van der Waals surface area contributed by atoms with Crippen LogP contribution < -0.4 is 5.32 Å². The molecule has 25 heavy (non-hydrogen) atoms. The molecule has 0 aliphatic heterocycles. The molecule has 0 saturated carbocycles. The fourth-order valence-corrected chi connectivity index (χ4v) is 1.59. The van der Waals surface area contributed by atoms with Crippen molar-refractivity contribution in [1.82, 2.24) is 5.32 Å². The summed E-state index contributed by atoms with van der Waals surface area (Å²) >= 11 is 0. The van der Waals surface area contributed by atoms with Crippen molar-refractivity contribution in [3.8, 4) is 0 Å². The number of methoxy groups -OCH3 is 1. The summed E-state index contributed by atoms with van der Waals surface area (Å²) in [6, 6.07) is 7.30. The number of esters is 1. The van der Waals surface area contributed by atoms with Gasteiger partial charge in [-0.2, -0.15) is 13.2 Å². The molecule has 0 saturated heterocycles. The summed E-state index contributed by atoms with van der Waals surface area (Å²) in [5.74, 6) is -0.949. The standard InChI is InChI=1S/C16H20F3NO5/c1-15(2,16(17,18)19)25-10-12(13(21)23-3)20-14(22)24-9-11-7-5-4-6-8-11/h4-8,12H,9-10H2,1-3H3,(H,20,22)/t12-/m0/s1. The van der Waals surface area contributed by atoms with Gasteiger partial charge in [-0.05, 0) is 19.4 Å². The van der Waals surface area contributed by atoms with Crippen molar-refractivity contribution in [3.05, 3.63) is 35.9 Å². The van der Waals surface area contributed by atoms with Gasteiger partial charge < -0.3 is 19.5 Å². The van der Waals surface area contributed by atoms with Crippen LogP contribution in [0.5, 0.6) is 0 Å². The third-order valence-corrected chi connectivity index (χ3v) is 3.28. The Morgan fingerprint density at radius 2 is 1.76 bits per heavy atom. The number of carbonyl (C=O) groups is 2. The van der Waals surface area contributed by atoms with Gasteiger partial charge in [-0.25, -0.2) is 9.59 Å². The normalized spacial score (nSPS) is 13.0. The maximum atomic E-state index is 12.8. The second-order valence-electron chi connectivity index (χ2n) is 5.60. The van der Waals surface area contributed by atoms with E-state index in [9.17, 15) is 22.8 Å². The number of carbonyl (C=O) groups excluding carboxylic acids is 2. The van der Waals surface area contributed by atoms with Crippen LogP contribution in [-0.4, -0.2) is 43.6 Å². The van der Waals surface area contributed by atoms with Crippen LogP contribution in [0.3, 0.4) is 0 Å². The molecule has 0 fully saturated rings. The first-order valence-corrected chi connectivity index (χ1v) is 7.32. The number of ether oxygens (including phenoxy) is 3. The third kappa shape index (κ3) is 6.61. The second kappa shape index (κ2) is 8.70. The maximum absolute atomic E-state index is 12.8. The minimum absolute atomic E-state index is 0.0601. The Bertz CT molecular complexity index is 575. The molecule has 0 aromatic heterocycles. The number of rotatable bonds is 7. The summed E-state index contributed by atoms with van der Waals surface area (Å²) in [6.45, 7) is 0.846. The molecule has 1 aromatic carbocycles. The van der Waals surface area contributed by atoms with Crippen LogP contribution in [0.1, 0.15) is 19.4 Å². The highest BCUT2D eigenvalue weighted by Crippen LogP contribution is 2.32. The van der Waals surface area contributed by atoms with E-state index in [1.54, 1.807) is 30.3 Å². The molecule has 140 valence electrons. The fraction of sp³-hybridized carbons (Fsp3) is 0.500. The van der Waals surface area contributed by atoms with Gasteiger partial charge in [-0.3, -0.25) is 0 Å². The van der Waals surface area contributed by atoms with E-state index >= 15 is 0 Å². The van der Waals surface area contributed by atoms with Crippen LogP contribution in [0, 0.1) is 0 Å². The van der Waals surface area contributed by atoms with E-state index in [0.29, 0.717) is 5.56 Å². The van der Waals surface area contributed by atoms with E-state index in [-0.39, 0.29) is 6.61 Å². The van der Waals surface area contributed by atoms with Crippen molar-refractivity contribution in [3.63, 3.8) is 0 Å². The van der Waals surface area contributed by atoms with Crippen molar-refractivity contribution in [2.24, 2.45) is 0 Å². The summed E-state index contributed by atoms with van der Waals surface area (Å²) in [6.07, 6.45) is -5.62. The molecule has 1 N–H and O–H groups in total. The second-order valence-corrected chi connectivity index (χ2v) is 5.60. The van der Waals surface area contributed by atoms with Gasteiger partial charge in [0.1, 0.15) is 6.61 Å². The van der Waals surface area contributed by atoms with Gasteiger partial charge in [0.25, 0.3) is 0 Å². The lowest BCUT2D eigenvalue weighted by Crippen LogP contribution is -2.49. The minimum Gasteiger partial charge on any atom is -0.467 e. The number of hydrogen-bond donors (Lipinski definition) is 1. The molecule has 0 aliphatic carbocycles. The summed E-state index contributed by atoms with van der Waals surface area (Å²) in [7, 11) is 1.04. The average molecular weight is 363 g/mol. The molecule has 0 unspecified atom stereocenters. The lowest BCUT2D eigenvalue weighted by molar-refractivity contribution is -0.264. The molecule has 0 bridgehead atoms. The van der Waals surface area contributed by atoms with Crippen LogP contribution in [0.2, 0.25) is 0 Å². The zero-order valence-electron chi connectivity index (χ0n) is 14.1. The molecule has 6 nitrogen and oxygen atoms in total. The molecular weight excluding hydrogens is 343 g/mol. The number of nitrogens with one attached hydrogen (secondary N) is 1. The number of alkyl halides is 3. The highest BCUT2D eigenvalue weighted by atomic mass is 19.4. The number of alkyl carbamates (subject to hydrolysis) is 1.